The summed E-state index contributed by atoms with van der Waals surface area (Å²) in [4.78, 5) is 37.5. The van der Waals surface area contributed by atoms with Crippen molar-refractivity contribution in [3.8, 4) is 6.07 Å². The van der Waals surface area contributed by atoms with Crippen LogP contribution < -0.4 is 10.6 Å². The average molecular weight is 522 g/mol. The molecule has 0 unspecified atom stereocenters. The number of nitriles is 1. The molecule has 9 heteroatoms. The van der Waals surface area contributed by atoms with Crippen LogP contribution in [0.5, 0.6) is 0 Å². The number of alkyl carbamates (subject to hydrolysis) is 1. The minimum Gasteiger partial charge on any atom is -0.458 e. The molecule has 2 aromatic carbocycles. The van der Waals surface area contributed by atoms with Gasteiger partial charge in [-0.1, -0.05) is 54.6 Å². The number of esters is 1. The summed E-state index contributed by atoms with van der Waals surface area (Å²) in [6.45, 7) is 10.7. The molecular weight excluding hydrogens is 486 g/mol. The van der Waals surface area contributed by atoms with E-state index in [0.29, 0.717) is 11.1 Å². The molecule has 202 valence electrons. The highest BCUT2D eigenvalue weighted by Crippen LogP contribution is 2.11. The summed E-state index contributed by atoms with van der Waals surface area (Å²) in [5, 5.41) is 14.8. The van der Waals surface area contributed by atoms with Crippen LogP contribution in [0.25, 0.3) is 0 Å². The second-order valence-corrected chi connectivity index (χ2v) is 9.68. The Bertz CT molecular complexity index is 1170. The van der Waals surface area contributed by atoms with Crippen molar-refractivity contribution in [2.24, 2.45) is 0 Å². The van der Waals surface area contributed by atoms with Gasteiger partial charge in [0, 0.05) is 6.42 Å². The standard InChI is InChI=1S/C29H35N3O6/c1-6-13-37-27(34)23-12-8-11-22(15-23)18-36-19-24(17-30)31-26(33)25(32-28(35)38-29(3,4)5)16-21-10-7-9-20(2)14-21/h6-12,14-15,24-25H,1,13,16,18-19H2,2-5H3,(H,31,33)(H,32,35)/t24-,25-/m0/s1. The second-order valence-electron chi connectivity index (χ2n) is 9.68. The van der Waals surface area contributed by atoms with Crippen molar-refractivity contribution in [3.63, 3.8) is 0 Å². The third kappa shape index (κ3) is 10.8. The second kappa shape index (κ2) is 14.5. The lowest BCUT2D eigenvalue weighted by Gasteiger charge is -2.24. The van der Waals surface area contributed by atoms with Gasteiger partial charge in [0.2, 0.25) is 5.91 Å². The number of hydrogen-bond donors (Lipinski definition) is 2. The van der Waals surface area contributed by atoms with Gasteiger partial charge in [-0.05, 0) is 51.0 Å². The Kier molecular flexibility index (Phi) is 11.5. The van der Waals surface area contributed by atoms with Crippen LogP contribution in [-0.4, -0.2) is 48.9 Å². The van der Waals surface area contributed by atoms with Crippen LogP contribution in [0.4, 0.5) is 4.79 Å². The molecule has 9 nitrogen and oxygen atoms in total. The fraction of sp³-hybridized carbons (Fsp3) is 0.379. The molecule has 2 amide bonds. The highest BCUT2D eigenvalue weighted by atomic mass is 16.6. The summed E-state index contributed by atoms with van der Waals surface area (Å²) in [7, 11) is 0. The lowest BCUT2D eigenvalue weighted by atomic mass is 10.0. The number of ether oxygens (including phenoxy) is 3. The Balaban J connectivity index is 2.01. The average Bonchev–Trinajstić information content (AvgIpc) is 2.85. The summed E-state index contributed by atoms with van der Waals surface area (Å²) >= 11 is 0. The van der Waals surface area contributed by atoms with E-state index < -0.39 is 35.7 Å². The molecule has 0 bridgehead atoms. The normalized spacial score (nSPS) is 12.4. The van der Waals surface area contributed by atoms with Crippen molar-refractivity contribution >= 4 is 18.0 Å². The van der Waals surface area contributed by atoms with E-state index in [0.717, 1.165) is 11.1 Å². The Hall–Kier alpha value is -4.16. The van der Waals surface area contributed by atoms with Crippen molar-refractivity contribution in [3.05, 3.63) is 83.4 Å². The Morgan fingerprint density at radius 1 is 1.08 bits per heavy atom. The summed E-state index contributed by atoms with van der Waals surface area (Å²) in [5.74, 6) is -1.02. The molecular formula is C29H35N3O6. The molecule has 2 rings (SSSR count). The van der Waals surface area contributed by atoms with Crippen LogP contribution in [0.2, 0.25) is 0 Å². The molecule has 0 aliphatic rings. The van der Waals surface area contributed by atoms with Crippen molar-refractivity contribution in [2.75, 3.05) is 13.2 Å². The summed E-state index contributed by atoms with van der Waals surface area (Å²) in [5.41, 5.74) is 2.19. The predicted octanol–water partition coefficient (Wildman–Crippen LogP) is 4.00. The smallest absolute Gasteiger partial charge is 0.408 e. The summed E-state index contributed by atoms with van der Waals surface area (Å²) in [6, 6.07) is 14.4. The first-order valence-electron chi connectivity index (χ1n) is 12.2. The van der Waals surface area contributed by atoms with Gasteiger partial charge in [-0.2, -0.15) is 5.26 Å². The number of hydrogen-bond acceptors (Lipinski definition) is 7. The molecule has 0 aliphatic carbocycles. The van der Waals surface area contributed by atoms with Crippen LogP contribution in [0.3, 0.4) is 0 Å². The van der Waals surface area contributed by atoms with E-state index in [4.69, 9.17) is 14.2 Å². The molecule has 0 fully saturated rings. The highest BCUT2D eigenvalue weighted by molar-refractivity contribution is 5.89. The fourth-order valence-corrected chi connectivity index (χ4v) is 3.42. The molecule has 0 heterocycles. The third-order valence-corrected chi connectivity index (χ3v) is 5.05. The molecule has 0 aromatic heterocycles. The van der Waals surface area contributed by atoms with Crippen molar-refractivity contribution in [2.45, 2.75) is 58.4 Å². The lowest BCUT2D eigenvalue weighted by molar-refractivity contribution is -0.124. The number of carbonyl (C=O) groups excluding carboxylic acids is 3. The maximum atomic E-state index is 13.1. The Morgan fingerprint density at radius 2 is 1.79 bits per heavy atom. The minimum absolute atomic E-state index is 0.100. The number of benzene rings is 2. The Morgan fingerprint density at radius 3 is 2.45 bits per heavy atom. The number of aryl methyl sites for hydroxylation is 1. The maximum absolute atomic E-state index is 13.1. The molecule has 0 saturated heterocycles. The molecule has 38 heavy (non-hydrogen) atoms. The summed E-state index contributed by atoms with van der Waals surface area (Å²) in [6.07, 6.45) is 0.956. The largest absolute Gasteiger partial charge is 0.458 e. The van der Waals surface area contributed by atoms with Gasteiger partial charge in [0.25, 0.3) is 0 Å². The van der Waals surface area contributed by atoms with Crippen molar-refractivity contribution in [1.29, 1.82) is 5.26 Å². The van der Waals surface area contributed by atoms with E-state index in [-0.39, 0.29) is 26.2 Å². The van der Waals surface area contributed by atoms with Gasteiger partial charge in [-0.25, -0.2) is 9.59 Å². The SMILES string of the molecule is C=CCOC(=O)c1cccc(COC[C@H](C#N)NC(=O)[C@H](Cc2cccc(C)c2)NC(=O)OC(C)(C)C)c1. The predicted molar refractivity (Wildman–Crippen MR) is 142 cm³/mol. The zero-order valence-electron chi connectivity index (χ0n) is 22.3. The molecule has 0 saturated carbocycles. The van der Waals surface area contributed by atoms with Gasteiger partial charge in [-0.15, -0.1) is 0 Å². The van der Waals surface area contributed by atoms with Crippen LogP contribution in [0, 0.1) is 18.3 Å². The van der Waals surface area contributed by atoms with Crippen LogP contribution in [0.15, 0.2) is 61.2 Å². The number of nitrogens with one attached hydrogen (secondary N) is 2. The van der Waals surface area contributed by atoms with Crippen LogP contribution in [0.1, 0.15) is 47.8 Å². The zero-order valence-corrected chi connectivity index (χ0v) is 22.3. The minimum atomic E-state index is -0.972. The molecule has 2 aromatic rings. The molecule has 0 spiro atoms. The van der Waals surface area contributed by atoms with Crippen LogP contribution in [-0.2, 0) is 32.0 Å². The lowest BCUT2D eigenvalue weighted by Crippen LogP contribution is -2.52. The van der Waals surface area contributed by atoms with E-state index in [1.165, 1.54) is 6.08 Å². The van der Waals surface area contributed by atoms with Gasteiger partial charge < -0.3 is 24.8 Å². The third-order valence-electron chi connectivity index (χ3n) is 5.05. The van der Waals surface area contributed by atoms with Gasteiger partial charge in [0.1, 0.15) is 24.3 Å². The summed E-state index contributed by atoms with van der Waals surface area (Å²) < 4.78 is 16.0. The number of nitrogens with zero attached hydrogens (tertiary/aromatic N) is 1. The van der Waals surface area contributed by atoms with Crippen LogP contribution >= 0.6 is 0 Å². The molecule has 2 atom stereocenters. The van der Waals surface area contributed by atoms with Gasteiger partial charge >= 0.3 is 12.1 Å². The van der Waals surface area contributed by atoms with E-state index in [1.807, 2.05) is 37.3 Å². The number of amides is 2. The van der Waals surface area contributed by atoms with E-state index in [1.54, 1.807) is 45.0 Å². The van der Waals surface area contributed by atoms with Gasteiger partial charge in [0.15, 0.2) is 0 Å². The first-order chi connectivity index (χ1) is 18.0. The van der Waals surface area contributed by atoms with Gasteiger partial charge in [-0.3, -0.25) is 4.79 Å². The molecule has 0 aliphatic heterocycles. The van der Waals surface area contributed by atoms with Crippen molar-refractivity contribution in [1.82, 2.24) is 10.6 Å². The zero-order chi connectivity index (χ0) is 28.1. The van der Waals surface area contributed by atoms with E-state index >= 15 is 0 Å². The monoisotopic (exact) mass is 521 g/mol. The highest BCUT2D eigenvalue weighted by Gasteiger charge is 2.26. The fourth-order valence-electron chi connectivity index (χ4n) is 3.42. The van der Waals surface area contributed by atoms with E-state index in [9.17, 15) is 19.6 Å². The van der Waals surface area contributed by atoms with Crippen molar-refractivity contribution < 1.29 is 28.6 Å². The first-order valence-corrected chi connectivity index (χ1v) is 12.2. The Labute approximate surface area is 223 Å². The van der Waals surface area contributed by atoms with Gasteiger partial charge in [0.05, 0.1) is 24.8 Å². The maximum Gasteiger partial charge on any atom is 0.408 e. The molecule has 0 radical (unpaired) electrons. The quantitative estimate of drug-likeness (QED) is 0.319. The topological polar surface area (TPSA) is 127 Å². The van der Waals surface area contributed by atoms with E-state index in [2.05, 4.69) is 17.2 Å². The number of carbonyl (C=O) groups is 3. The number of rotatable bonds is 12. The first kappa shape index (κ1) is 30.1. The molecule has 2 N–H and O–H groups in total.